The van der Waals surface area contributed by atoms with Crippen molar-refractivity contribution in [2.75, 3.05) is 39.2 Å². The number of ether oxygens (including phenoxy) is 2. The Morgan fingerprint density at radius 2 is 2.11 bits per heavy atom. The third kappa shape index (κ3) is 4.40. The van der Waals surface area contributed by atoms with Crippen molar-refractivity contribution >= 4 is 21.8 Å². The standard InChI is InChI=1S/C13H18BrNO4/c1-18-8-7-15(6-5-14)13(17)10-3-4-12(19-2)11(16)9-10/h3-4,9,16H,5-8H2,1-2H3. The van der Waals surface area contributed by atoms with Crippen molar-refractivity contribution in [2.45, 2.75) is 0 Å². The molecule has 0 aromatic heterocycles. The monoisotopic (exact) mass is 331 g/mol. The SMILES string of the molecule is COCCN(CCBr)C(=O)c1ccc(OC)c(O)c1. The van der Waals surface area contributed by atoms with Gasteiger partial charge in [0.15, 0.2) is 11.5 Å². The predicted octanol–water partition coefficient (Wildman–Crippen LogP) is 1.88. The van der Waals surface area contributed by atoms with E-state index in [2.05, 4.69) is 15.9 Å². The van der Waals surface area contributed by atoms with Gasteiger partial charge in [-0.25, -0.2) is 0 Å². The van der Waals surface area contributed by atoms with Crippen LogP contribution < -0.4 is 4.74 Å². The fourth-order valence-corrected chi connectivity index (χ4v) is 2.05. The summed E-state index contributed by atoms with van der Waals surface area (Å²) < 4.78 is 9.94. The molecule has 1 rings (SSSR count). The third-order valence-corrected chi connectivity index (χ3v) is 2.99. The number of aromatic hydroxyl groups is 1. The van der Waals surface area contributed by atoms with E-state index in [0.29, 0.717) is 36.3 Å². The molecule has 0 unspecified atom stereocenters. The zero-order chi connectivity index (χ0) is 14.3. The molecule has 0 fully saturated rings. The molecule has 19 heavy (non-hydrogen) atoms. The molecule has 106 valence electrons. The number of phenols is 1. The van der Waals surface area contributed by atoms with Crippen LogP contribution in [0.25, 0.3) is 0 Å². The quantitative estimate of drug-likeness (QED) is 0.775. The van der Waals surface area contributed by atoms with Gasteiger partial charge in [0.2, 0.25) is 0 Å². The van der Waals surface area contributed by atoms with Crippen molar-refractivity contribution in [2.24, 2.45) is 0 Å². The summed E-state index contributed by atoms with van der Waals surface area (Å²) in [4.78, 5) is 14.0. The number of hydrogen-bond acceptors (Lipinski definition) is 4. The summed E-state index contributed by atoms with van der Waals surface area (Å²) in [5, 5.41) is 10.4. The van der Waals surface area contributed by atoms with E-state index in [4.69, 9.17) is 9.47 Å². The molecule has 1 aromatic rings. The Morgan fingerprint density at radius 3 is 2.63 bits per heavy atom. The van der Waals surface area contributed by atoms with E-state index >= 15 is 0 Å². The van der Waals surface area contributed by atoms with E-state index in [1.54, 1.807) is 24.1 Å². The molecule has 1 aromatic carbocycles. The number of carbonyl (C=O) groups excluding carboxylic acids is 1. The summed E-state index contributed by atoms with van der Waals surface area (Å²) in [5.74, 6) is 0.161. The minimum absolute atomic E-state index is 0.0427. The molecule has 0 aliphatic heterocycles. The first-order valence-electron chi connectivity index (χ1n) is 5.85. The van der Waals surface area contributed by atoms with E-state index in [-0.39, 0.29) is 11.7 Å². The highest BCUT2D eigenvalue weighted by molar-refractivity contribution is 9.09. The van der Waals surface area contributed by atoms with E-state index in [9.17, 15) is 9.90 Å². The van der Waals surface area contributed by atoms with Crippen LogP contribution in [0.3, 0.4) is 0 Å². The number of alkyl halides is 1. The highest BCUT2D eigenvalue weighted by atomic mass is 79.9. The normalized spacial score (nSPS) is 10.3. The zero-order valence-corrected chi connectivity index (χ0v) is 12.6. The average Bonchev–Trinajstić information content (AvgIpc) is 2.42. The Bertz CT molecular complexity index is 425. The highest BCUT2D eigenvalue weighted by Gasteiger charge is 2.16. The van der Waals surface area contributed by atoms with E-state index in [1.165, 1.54) is 13.2 Å². The van der Waals surface area contributed by atoms with Crippen molar-refractivity contribution in [3.05, 3.63) is 23.8 Å². The van der Waals surface area contributed by atoms with E-state index in [1.807, 2.05) is 0 Å². The summed E-state index contributed by atoms with van der Waals surface area (Å²) in [6.45, 7) is 1.56. The second-order valence-electron chi connectivity index (χ2n) is 3.86. The van der Waals surface area contributed by atoms with Crippen molar-refractivity contribution in [3.8, 4) is 11.5 Å². The molecule has 0 heterocycles. The summed E-state index contributed by atoms with van der Waals surface area (Å²) >= 11 is 3.32. The lowest BCUT2D eigenvalue weighted by molar-refractivity contribution is 0.0708. The zero-order valence-electron chi connectivity index (χ0n) is 11.1. The van der Waals surface area contributed by atoms with Gasteiger partial charge in [-0.15, -0.1) is 0 Å². The molecule has 0 atom stereocenters. The van der Waals surface area contributed by atoms with Crippen molar-refractivity contribution in [1.82, 2.24) is 4.90 Å². The molecule has 0 bridgehead atoms. The lowest BCUT2D eigenvalue weighted by atomic mass is 10.1. The van der Waals surface area contributed by atoms with Crippen molar-refractivity contribution < 1.29 is 19.4 Å². The first-order valence-corrected chi connectivity index (χ1v) is 6.97. The molecule has 0 radical (unpaired) electrons. The van der Waals surface area contributed by atoms with Crippen LogP contribution in [0.4, 0.5) is 0 Å². The van der Waals surface area contributed by atoms with Crippen LogP contribution in [0, 0.1) is 0 Å². The van der Waals surface area contributed by atoms with Gasteiger partial charge in [-0.05, 0) is 18.2 Å². The fourth-order valence-electron chi connectivity index (χ4n) is 1.62. The van der Waals surface area contributed by atoms with Gasteiger partial charge < -0.3 is 19.5 Å². The van der Waals surface area contributed by atoms with E-state index < -0.39 is 0 Å². The minimum atomic E-state index is -0.144. The molecule has 5 nitrogen and oxygen atoms in total. The lowest BCUT2D eigenvalue weighted by Crippen LogP contribution is -2.35. The first-order chi connectivity index (χ1) is 9.13. The Morgan fingerprint density at radius 1 is 1.37 bits per heavy atom. The Balaban J connectivity index is 2.86. The number of benzene rings is 1. The highest BCUT2D eigenvalue weighted by Crippen LogP contribution is 2.26. The number of methoxy groups -OCH3 is 2. The molecular weight excluding hydrogens is 314 g/mol. The number of halogens is 1. The van der Waals surface area contributed by atoms with Crippen LogP contribution in [0.1, 0.15) is 10.4 Å². The van der Waals surface area contributed by atoms with Crippen LogP contribution >= 0.6 is 15.9 Å². The van der Waals surface area contributed by atoms with Gasteiger partial charge in [0.1, 0.15) is 0 Å². The van der Waals surface area contributed by atoms with E-state index in [0.717, 1.165) is 0 Å². The number of phenolic OH excluding ortho intramolecular Hbond substituents is 1. The van der Waals surface area contributed by atoms with Gasteiger partial charge >= 0.3 is 0 Å². The molecule has 6 heteroatoms. The minimum Gasteiger partial charge on any atom is -0.504 e. The first kappa shape index (κ1) is 15.8. The second kappa shape index (κ2) is 8.01. The number of hydrogen-bond donors (Lipinski definition) is 1. The van der Waals surface area contributed by atoms with Crippen molar-refractivity contribution in [1.29, 1.82) is 0 Å². The maximum atomic E-state index is 12.3. The summed E-state index contributed by atoms with van der Waals surface area (Å²) in [6, 6.07) is 4.62. The predicted molar refractivity (Wildman–Crippen MR) is 76.2 cm³/mol. The van der Waals surface area contributed by atoms with Crippen molar-refractivity contribution in [3.63, 3.8) is 0 Å². The van der Waals surface area contributed by atoms with Crippen LogP contribution in [0.15, 0.2) is 18.2 Å². The maximum Gasteiger partial charge on any atom is 0.254 e. The lowest BCUT2D eigenvalue weighted by Gasteiger charge is -2.21. The number of amides is 1. The van der Waals surface area contributed by atoms with Crippen LogP contribution in [0.2, 0.25) is 0 Å². The maximum absolute atomic E-state index is 12.3. The van der Waals surface area contributed by atoms with Gasteiger partial charge in [0.05, 0.1) is 13.7 Å². The molecule has 1 amide bonds. The summed E-state index contributed by atoms with van der Waals surface area (Å²) in [5.41, 5.74) is 0.426. The smallest absolute Gasteiger partial charge is 0.254 e. The molecule has 0 spiro atoms. The fraction of sp³-hybridized carbons (Fsp3) is 0.462. The molecule has 1 N–H and O–H groups in total. The molecule has 0 saturated heterocycles. The number of carbonyl (C=O) groups is 1. The molecule has 0 saturated carbocycles. The van der Waals surface area contributed by atoms with Gasteiger partial charge in [0.25, 0.3) is 5.91 Å². The second-order valence-corrected chi connectivity index (χ2v) is 4.65. The largest absolute Gasteiger partial charge is 0.504 e. The van der Waals surface area contributed by atoms with Crippen LogP contribution in [0.5, 0.6) is 11.5 Å². The molecule has 0 aliphatic carbocycles. The number of nitrogens with zero attached hydrogens (tertiary/aromatic N) is 1. The summed E-state index contributed by atoms with van der Waals surface area (Å²) in [6.07, 6.45) is 0. The third-order valence-electron chi connectivity index (χ3n) is 2.63. The average molecular weight is 332 g/mol. The van der Waals surface area contributed by atoms with Gasteiger partial charge in [-0.1, -0.05) is 15.9 Å². The van der Waals surface area contributed by atoms with Gasteiger partial charge in [-0.2, -0.15) is 0 Å². The Labute approximate surface area is 121 Å². The van der Waals surface area contributed by atoms with Gasteiger partial charge in [0, 0.05) is 31.1 Å². The Hall–Kier alpha value is -1.27. The Kier molecular flexibility index (Phi) is 6.66. The number of rotatable bonds is 7. The molecule has 0 aliphatic rings. The van der Waals surface area contributed by atoms with Crippen LogP contribution in [-0.4, -0.2) is 55.2 Å². The topological polar surface area (TPSA) is 59.0 Å². The summed E-state index contributed by atoms with van der Waals surface area (Å²) in [7, 11) is 3.06. The van der Waals surface area contributed by atoms with Crippen LogP contribution in [-0.2, 0) is 4.74 Å². The van der Waals surface area contributed by atoms with Gasteiger partial charge in [-0.3, -0.25) is 4.79 Å². The molecular formula is C13H18BrNO4.